The molecule has 0 spiro atoms. The van der Waals surface area contributed by atoms with E-state index < -0.39 is 53.8 Å². The molecule has 4 aliphatic rings. The number of hydrogen-bond acceptors (Lipinski definition) is 34. The maximum atomic E-state index is 13.2. The molecule has 760 valence electrons. The number of aromatic nitrogens is 16. The summed E-state index contributed by atoms with van der Waals surface area (Å²) in [6.45, 7) is 29.8. The van der Waals surface area contributed by atoms with Gasteiger partial charge in [-0.2, -0.15) is 77.6 Å². The lowest BCUT2D eigenvalue weighted by atomic mass is 10.4. The Balaban J connectivity index is 0.000000298. The minimum atomic E-state index is -5.08. The number of carboxylic acids is 4. The van der Waals surface area contributed by atoms with Crippen molar-refractivity contribution in [1.29, 1.82) is 0 Å². The van der Waals surface area contributed by atoms with E-state index in [4.69, 9.17) is 53.8 Å². The highest BCUT2D eigenvalue weighted by molar-refractivity contribution is 8.00. The molecule has 43 nitrogen and oxygen atoms in total. The van der Waals surface area contributed by atoms with Crippen LogP contribution in [0.4, 0.5) is 76.5 Å². The Bertz CT molecular complexity index is 6130. The van der Waals surface area contributed by atoms with Crippen molar-refractivity contribution in [3.8, 4) is 65.2 Å². The molecule has 0 amide bonds. The molecule has 12 rings (SSSR count). The van der Waals surface area contributed by atoms with Gasteiger partial charge in [0, 0.05) is 139 Å². The highest BCUT2D eigenvalue weighted by Gasteiger charge is 2.41. The standard InChI is InChI=1S/2C19H26N6O3S.C18H22N6O2.C17H22N6O3S.4C2HF3O2/c1-5-7-10-25-14-15(21-18(25)24-11-8-20-9-12-24)22-19(23(4)16(14)26)29-13(3)17(27)28-6-2;1-4-6-10-25-15-16(21-18(25)24-11-8-20-9-12-24)22-19(23(3)17(15)27)29-13-7-14(26)28-5-2;1-4-6-10-24-14-15(20-17(24)23-11-8-19-9-12-23)21-18(22(3)16(14)25)26-13-7-5-2;1-4-5-8-23-13-14(19-16(23)22-9-6-18-7-10-22)20-17(21(2)15(13)25)27-11-12(24)26-3;4*3-2(4,5)1(6)7/h13,20H,6,8-12H2,1-4H3;20H,5,7-13H2,1-3H3;19H,8-13H2,1-3H3;18H,6-11H2,1-3H3;4*(H,6,7). The molecule has 0 aliphatic carbocycles. The molecule has 0 bridgehead atoms. The van der Waals surface area contributed by atoms with E-state index in [1.54, 1.807) is 83.6 Å². The molecular weight excluding hydrogens is 1940 g/mol. The first-order valence-electron chi connectivity index (χ1n) is 41.4. The zero-order valence-electron chi connectivity index (χ0n) is 77.1. The molecule has 4 fully saturated rings. The summed E-state index contributed by atoms with van der Waals surface area (Å²) in [5.41, 5.74) is 2.50. The Hall–Kier alpha value is -13.5. The van der Waals surface area contributed by atoms with Crippen LogP contribution in [-0.4, -0.2) is 312 Å². The number of nitrogens with one attached hydrogen (secondary N) is 4. The van der Waals surface area contributed by atoms with Crippen LogP contribution in [0.25, 0.3) is 44.7 Å². The molecule has 4 aliphatic heterocycles. The molecule has 12 heterocycles. The van der Waals surface area contributed by atoms with E-state index in [1.807, 2.05) is 18.3 Å². The predicted octanol–water partition coefficient (Wildman–Crippen LogP) is 3.54. The number of alkyl halides is 12. The zero-order valence-corrected chi connectivity index (χ0v) is 79.5. The topological polar surface area (TPSA) is 509 Å². The molecule has 8 aromatic heterocycles. The van der Waals surface area contributed by atoms with E-state index in [-0.39, 0.29) is 64.9 Å². The van der Waals surface area contributed by atoms with Crippen molar-refractivity contribution in [3.63, 3.8) is 0 Å². The number of hydrogen-bond donors (Lipinski definition) is 8. The van der Waals surface area contributed by atoms with Crippen molar-refractivity contribution < 1.29 is 126 Å². The summed E-state index contributed by atoms with van der Waals surface area (Å²) in [4.78, 5) is 168. The first-order valence-corrected chi connectivity index (χ1v) is 44.2. The Labute approximate surface area is 796 Å². The van der Waals surface area contributed by atoms with Gasteiger partial charge in [-0.25, -0.2) is 34.1 Å². The number of rotatable bonds is 22. The van der Waals surface area contributed by atoms with Crippen LogP contribution in [0.1, 0.15) is 61.8 Å². The van der Waals surface area contributed by atoms with Crippen molar-refractivity contribution in [2.24, 2.45) is 28.2 Å². The molecule has 139 heavy (non-hydrogen) atoms. The van der Waals surface area contributed by atoms with Crippen molar-refractivity contribution in [2.45, 2.75) is 133 Å². The molecule has 58 heteroatoms. The summed E-state index contributed by atoms with van der Waals surface area (Å²) in [6.07, 6.45) is -20.1. The van der Waals surface area contributed by atoms with Crippen molar-refractivity contribution in [3.05, 3.63) is 41.4 Å². The minimum absolute atomic E-state index is 0.0783. The third-order valence-corrected chi connectivity index (χ3v) is 21.8. The SMILES string of the molecule is CC#CCOc1nc2nc(N3CCNCC3)n(CC#CC)c2c(=O)n1C.CC#CCn1c(N2CCNCC2)nc2nc(SC(C)C(=O)OCC)n(C)c(=O)c21.CC#CCn1c(N2CCNCC2)nc2nc(SCC(=O)OC)n(C)c(=O)c21.CC#CCn1c(N2CCNCC2)nc2nc(SCCC(=O)OCC)n(C)c(=O)c21.O=C(O)C(F)(F)F.O=C(O)C(F)(F)F.O=C(O)C(F)(F)F.O=C(O)C(F)(F)F. The second-order valence-corrected chi connectivity index (χ2v) is 31.4. The number of aliphatic carboxylic acids is 4. The summed E-state index contributed by atoms with van der Waals surface area (Å²) in [5.74, 6) is 20.6. The van der Waals surface area contributed by atoms with Gasteiger partial charge in [-0.05, 0) is 55.4 Å². The Morgan fingerprint density at radius 2 is 0.676 bits per heavy atom. The van der Waals surface area contributed by atoms with Crippen molar-refractivity contribution in [2.75, 3.05) is 163 Å². The number of esters is 3. The number of methoxy groups -OCH3 is 1. The van der Waals surface area contributed by atoms with Gasteiger partial charge in [-0.1, -0.05) is 64.9 Å². The molecule has 0 aromatic carbocycles. The number of fused-ring (bicyclic) bond motifs is 4. The van der Waals surface area contributed by atoms with Gasteiger partial charge in [0.2, 0.25) is 23.8 Å². The van der Waals surface area contributed by atoms with Crippen LogP contribution in [0.2, 0.25) is 0 Å². The predicted molar refractivity (Wildman–Crippen MR) is 486 cm³/mol. The lowest BCUT2D eigenvalue weighted by molar-refractivity contribution is -0.193. The number of imidazole rings is 4. The fourth-order valence-electron chi connectivity index (χ4n) is 11.9. The number of ether oxygens (including phenoxy) is 4. The number of anilines is 4. The van der Waals surface area contributed by atoms with Crippen molar-refractivity contribution >= 4 is 146 Å². The van der Waals surface area contributed by atoms with Crippen LogP contribution >= 0.6 is 35.3 Å². The lowest BCUT2D eigenvalue weighted by Crippen LogP contribution is -2.44. The van der Waals surface area contributed by atoms with Crippen LogP contribution in [0.3, 0.4) is 0 Å². The maximum Gasteiger partial charge on any atom is 0.490 e. The third kappa shape index (κ3) is 34.0. The van der Waals surface area contributed by atoms with Gasteiger partial charge in [0.1, 0.15) is 5.25 Å². The number of carboxylic acid groups (broad SMARTS) is 4. The van der Waals surface area contributed by atoms with Crippen molar-refractivity contribution in [1.82, 2.24) is 97.7 Å². The van der Waals surface area contributed by atoms with Crippen LogP contribution in [0, 0.1) is 59.2 Å². The summed E-state index contributed by atoms with van der Waals surface area (Å²) < 4.78 is 160. The number of carbonyl (C=O) groups excluding carboxylic acids is 3. The Morgan fingerprint density at radius 1 is 0.403 bits per heavy atom. The second-order valence-electron chi connectivity index (χ2n) is 28.1. The molecule has 4 saturated heterocycles. The van der Waals surface area contributed by atoms with E-state index in [0.29, 0.717) is 117 Å². The fraction of sp³-hybridized carbons (Fsp3) is 0.543. The van der Waals surface area contributed by atoms with Gasteiger partial charge in [0.25, 0.3) is 22.2 Å². The van der Waals surface area contributed by atoms with Crippen LogP contribution in [0.5, 0.6) is 6.01 Å². The summed E-state index contributed by atoms with van der Waals surface area (Å²) in [5, 5.41) is 42.7. The number of halogens is 12. The Kier molecular flexibility index (Phi) is 46.1. The number of carbonyl (C=O) groups is 7. The fourth-order valence-corrected chi connectivity index (χ4v) is 14.5. The highest BCUT2D eigenvalue weighted by Crippen LogP contribution is 2.30. The minimum Gasteiger partial charge on any atom is -0.475 e. The second kappa shape index (κ2) is 55.2. The summed E-state index contributed by atoms with van der Waals surface area (Å²) in [6, 6.07) is 0.211. The first kappa shape index (κ1) is 116. The molecule has 8 aromatic rings. The first-order chi connectivity index (χ1) is 65.5. The van der Waals surface area contributed by atoms with E-state index in [1.165, 1.54) is 48.9 Å². The molecule has 1 unspecified atom stereocenters. The average Bonchev–Trinajstić information content (AvgIpc) is 1.62. The van der Waals surface area contributed by atoms with Crippen LogP contribution < -0.4 is 67.8 Å². The van der Waals surface area contributed by atoms with E-state index in [9.17, 15) is 86.2 Å². The monoisotopic (exact) mass is 2040 g/mol. The number of nitrogens with zero attached hydrogens (tertiary/aromatic N) is 20. The zero-order chi connectivity index (χ0) is 104. The quantitative estimate of drug-likeness (QED) is 0.0120. The van der Waals surface area contributed by atoms with Crippen LogP contribution in [0.15, 0.2) is 34.6 Å². The van der Waals surface area contributed by atoms with E-state index in [2.05, 4.69) is 145 Å². The average molecular weight is 2040 g/mol. The van der Waals surface area contributed by atoms with Crippen LogP contribution in [-0.2, 0) is 102 Å². The lowest BCUT2D eigenvalue weighted by Gasteiger charge is -2.28. The van der Waals surface area contributed by atoms with Gasteiger partial charge < -0.3 is 80.2 Å². The van der Waals surface area contributed by atoms with Gasteiger partial charge in [0.05, 0.1) is 58.7 Å². The smallest absolute Gasteiger partial charge is 0.475 e. The maximum absolute atomic E-state index is 13.2. The largest absolute Gasteiger partial charge is 0.490 e. The molecule has 0 saturated carbocycles. The van der Waals surface area contributed by atoms with Gasteiger partial charge in [0.15, 0.2) is 66.7 Å². The summed E-state index contributed by atoms with van der Waals surface area (Å²) in [7, 11) is 7.95. The number of piperazine rings is 4. The normalized spacial score (nSPS) is 13.6. The molecule has 1 atom stereocenters. The molecule has 8 N–H and O–H groups in total. The van der Waals surface area contributed by atoms with Gasteiger partial charge in [-0.3, -0.25) is 70.1 Å². The molecule has 0 radical (unpaired) electrons. The molecular formula is C81H100F12N24O19S3. The third-order valence-electron chi connectivity index (χ3n) is 18.7. The van der Waals surface area contributed by atoms with E-state index >= 15 is 0 Å². The van der Waals surface area contributed by atoms with Gasteiger partial charge >= 0.3 is 72.5 Å². The summed E-state index contributed by atoms with van der Waals surface area (Å²) >= 11 is 3.70. The highest BCUT2D eigenvalue weighted by atomic mass is 32.2. The Morgan fingerprint density at radius 3 is 0.957 bits per heavy atom. The van der Waals surface area contributed by atoms with E-state index in [0.717, 1.165) is 128 Å². The van der Waals surface area contributed by atoms with Gasteiger partial charge in [-0.15, -0.1) is 29.6 Å². The number of thioether (sulfide) groups is 3.